The molecule has 0 aliphatic rings. The fourth-order valence-electron chi connectivity index (χ4n) is 1.15. The molecule has 8 heteroatoms. The standard InChI is InChI=1S/C10H13BrN2O4S/c1-13(4-7-2-6(11)5-18-7)10(17)12-3-8(14)9(15)16/h2,5,8,14H,3-4H2,1H3,(H,12,17)(H,15,16)/t8-/m0/s1. The molecule has 2 amide bonds. The summed E-state index contributed by atoms with van der Waals surface area (Å²) in [5.41, 5.74) is 0. The Kier molecular flexibility index (Phi) is 5.57. The Labute approximate surface area is 116 Å². The maximum absolute atomic E-state index is 11.6. The molecule has 0 aliphatic heterocycles. The fraction of sp³-hybridized carbons (Fsp3) is 0.400. The lowest BCUT2D eigenvalue weighted by Crippen LogP contribution is -2.42. The van der Waals surface area contributed by atoms with Gasteiger partial charge in [0.05, 0.1) is 13.1 Å². The number of nitrogens with one attached hydrogen (secondary N) is 1. The number of amides is 2. The highest BCUT2D eigenvalue weighted by atomic mass is 79.9. The Morgan fingerprint density at radius 1 is 1.61 bits per heavy atom. The first-order chi connectivity index (χ1) is 8.40. The molecule has 100 valence electrons. The van der Waals surface area contributed by atoms with Crippen molar-refractivity contribution < 1.29 is 19.8 Å². The van der Waals surface area contributed by atoms with E-state index in [4.69, 9.17) is 10.2 Å². The molecular formula is C10H13BrN2O4S. The molecule has 6 nitrogen and oxygen atoms in total. The van der Waals surface area contributed by atoms with Crippen molar-refractivity contribution in [3.05, 3.63) is 20.8 Å². The minimum atomic E-state index is -1.58. The summed E-state index contributed by atoms with van der Waals surface area (Å²) < 4.78 is 0.956. The van der Waals surface area contributed by atoms with E-state index in [-0.39, 0.29) is 6.54 Å². The van der Waals surface area contributed by atoms with E-state index < -0.39 is 18.1 Å². The third-order valence-electron chi connectivity index (χ3n) is 2.09. The monoisotopic (exact) mass is 336 g/mol. The van der Waals surface area contributed by atoms with Crippen LogP contribution in [0.3, 0.4) is 0 Å². The van der Waals surface area contributed by atoms with Crippen LogP contribution < -0.4 is 5.32 Å². The first kappa shape index (κ1) is 14.9. The first-order valence-electron chi connectivity index (χ1n) is 5.03. The van der Waals surface area contributed by atoms with Gasteiger partial charge >= 0.3 is 12.0 Å². The van der Waals surface area contributed by atoms with Crippen molar-refractivity contribution in [2.75, 3.05) is 13.6 Å². The number of carbonyl (C=O) groups excluding carboxylic acids is 1. The second-order valence-corrected chi connectivity index (χ2v) is 5.54. The maximum Gasteiger partial charge on any atom is 0.334 e. The van der Waals surface area contributed by atoms with E-state index in [1.165, 1.54) is 16.2 Å². The van der Waals surface area contributed by atoms with Crippen LogP contribution in [0.5, 0.6) is 0 Å². The Balaban J connectivity index is 2.39. The van der Waals surface area contributed by atoms with Gasteiger partial charge in [-0.1, -0.05) is 0 Å². The van der Waals surface area contributed by atoms with E-state index in [0.29, 0.717) is 6.54 Å². The second-order valence-electron chi connectivity index (χ2n) is 3.63. The highest BCUT2D eigenvalue weighted by Crippen LogP contribution is 2.20. The molecule has 0 radical (unpaired) electrons. The number of aliphatic carboxylic acids is 1. The second kappa shape index (κ2) is 6.72. The average molecular weight is 337 g/mol. The number of carbonyl (C=O) groups is 2. The largest absolute Gasteiger partial charge is 0.479 e. The summed E-state index contributed by atoms with van der Waals surface area (Å²) in [6, 6.07) is 1.47. The van der Waals surface area contributed by atoms with Gasteiger partial charge in [0, 0.05) is 21.8 Å². The van der Waals surface area contributed by atoms with Gasteiger partial charge in [-0.25, -0.2) is 9.59 Å². The lowest BCUT2D eigenvalue weighted by Gasteiger charge is -2.17. The summed E-state index contributed by atoms with van der Waals surface area (Å²) in [5, 5.41) is 21.7. The molecule has 0 fully saturated rings. The average Bonchev–Trinajstić information content (AvgIpc) is 2.70. The summed E-state index contributed by atoms with van der Waals surface area (Å²) in [5.74, 6) is -1.36. The molecule has 1 aromatic heterocycles. The number of thiophene rings is 1. The van der Waals surface area contributed by atoms with Gasteiger partial charge in [0.15, 0.2) is 6.10 Å². The van der Waals surface area contributed by atoms with Gasteiger partial charge in [-0.2, -0.15) is 0 Å². The number of hydrogen-bond donors (Lipinski definition) is 3. The number of halogens is 1. The first-order valence-corrected chi connectivity index (χ1v) is 6.70. The zero-order valence-electron chi connectivity index (χ0n) is 9.59. The minimum absolute atomic E-state index is 0.313. The van der Waals surface area contributed by atoms with Gasteiger partial charge in [0.2, 0.25) is 0 Å². The van der Waals surface area contributed by atoms with Gasteiger partial charge in [-0.3, -0.25) is 0 Å². The van der Waals surface area contributed by atoms with Gasteiger partial charge in [0.1, 0.15) is 0 Å². The molecule has 1 rings (SSSR count). The van der Waals surface area contributed by atoms with Gasteiger partial charge in [0.25, 0.3) is 0 Å². The van der Waals surface area contributed by atoms with Crippen LogP contribution in [0, 0.1) is 0 Å². The predicted molar refractivity (Wildman–Crippen MR) is 70.5 cm³/mol. The topological polar surface area (TPSA) is 89.9 Å². The minimum Gasteiger partial charge on any atom is -0.479 e. The molecule has 0 aromatic carbocycles. The number of aliphatic hydroxyl groups is 1. The van der Waals surface area contributed by atoms with Crippen LogP contribution in [-0.2, 0) is 11.3 Å². The number of nitrogens with zero attached hydrogens (tertiary/aromatic N) is 1. The quantitative estimate of drug-likeness (QED) is 0.751. The summed E-state index contributed by atoms with van der Waals surface area (Å²) in [6.07, 6.45) is -1.58. The Morgan fingerprint density at radius 3 is 2.78 bits per heavy atom. The van der Waals surface area contributed by atoms with Crippen LogP contribution >= 0.6 is 27.3 Å². The highest BCUT2D eigenvalue weighted by molar-refractivity contribution is 9.10. The molecule has 1 heterocycles. The summed E-state index contributed by atoms with van der Waals surface area (Å²) in [6.45, 7) is 0.109. The molecule has 3 N–H and O–H groups in total. The Morgan fingerprint density at radius 2 is 2.28 bits per heavy atom. The Bertz CT molecular complexity index is 437. The van der Waals surface area contributed by atoms with Crippen molar-refractivity contribution in [3.8, 4) is 0 Å². The van der Waals surface area contributed by atoms with Crippen LogP contribution in [0.4, 0.5) is 4.79 Å². The third-order valence-corrected chi connectivity index (χ3v) is 3.78. The zero-order chi connectivity index (χ0) is 13.7. The number of aliphatic hydroxyl groups excluding tert-OH is 1. The van der Waals surface area contributed by atoms with Crippen molar-refractivity contribution in [1.82, 2.24) is 10.2 Å². The van der Waals surface area contributed by atoms with Crippen LogP contribution in [0.2, 0.25) is 0 Å². The van der Waals surface area contributed by atoms with Crippen LogP contribution in [-0.4, -0.2) is 46.8 Å². The van der Waals surface area contributed by atoms with Crippen molar-refractivity contribution in [2.45, 2.75) is 12.6 Å². The third kappa shape index (κ3) is 4.63. The molecule has 0 saturated carbocycles. The van der Waals surface area contributed by atoms with E-state index in [9.17, 15) is 9.59 Å². The normalized spacial score (nSPS) is 11.9. The molecule has 1 aromatic rings. The van der Waals surface area contributed by atoms with Crippen molar-refractivity contribution in [3.63, 3.8) is 0 Å². The number of urea groups is 1. The molecule has 0 aliphatic carbocycles. The van der Waals surface area contributed by atoms with Gasteiger partial charge < -0.3 is 20.4 Å². The molecule has 1 atom stereocenters. The lowest BCUT2D eigenvalue weighted by atomic mass is 10.3. The molecule has 0 spiro atoms. The number of carboxylic acids is 1. The van der Waals surface area contributed by atoms with Gasteiger partial charge in [-0.05, 0) is 22.0 Å². The molecule has 0 saturated heterocycles. The SMILES string of the molecule is CN(Cc1cc(Br)cs1)C(=O)NC[C@H](O)C(=O)O. The zero-order valence-corrected chi connectivity index (χ0v) is 12.0. The highest BCUT2D eigenvalue weighted by Gasteiger charge is 2.16. The van der Waals surface area contributed by atoms with E-state index in [0.717, 1.165) is 9.35 Å². The van der Waals surface area contributed by atoms with Crippen molar-refractivity contribution >= 4 is 39.3 Å². The summed E-state index contributed by atoms with van der Waals surface area (Å²) >= 11 is 4.83. The fourth-order valence-corrected chi connectivity index (χ4v) is 2.65. The summed E-state index contributed by atoms with van der Waals surface area (Å²) in [4.78, 5) is 24.3. The van der Waals surface area contributed by atoms with Crippen LogP contribution in [0.15, 0.2) is 15.9 Å². The lowest BCUT2D eigenvalue weighted by molar-refractivity contribution is -0.146. The predicted octanol–water partition coefficient (Wildman–Crippen LogP) is 1.10. The van der Waals surface area contributed by atoms with Crippen molar-refractivity contribution in [1.29, 1.82) is 0 Å². The maximum atomic E-state index is 11.6. The molecule has 18 heavy (non-hydrogen) atoms. The van der Waals surface area contributed by atoms with E-state index in [1.807, 2.05) is 11.4 Å². The number of carboxylic acid groups (broad SMARTS) is 1. The number of hydrogen-bond acceptors (Lipinski definition) is 4. The van der Waals surface area contributed by atoms with Crippen molar-refractivity contribution in [2.24, 2.45) is 0 Å². The van der Waals surface area contributed by atoms with Gasteiger partial charge in [-0.15, -0.1) is 11.3 Å². The Hall–Kier alpha value is -1.12. The number of rotatable bonds is 5. The van der Waals surface area contributed by atoms with Crippen LogP contribution in [0.1, 0.15) is 4.88 Å². The van der Waals surface area contributed by atoms with E-state index in [1.54, 1.807) is 7.05 Å². The van der Waals surface area contributed by atoms with E-state index >= 15 is 0 Å². The smallest absolute Gasteiger partial charge is 0.334 e. The van der Waals surface area contributed by atoms with Crippen LogP contribution in [0.25, 0.3) is 0 Å². The molecular weight excluding hydrogens is 324 g/mol. The summed E-state index contributed by atoms with van der Waals surface area (Å²) in [7, 11) is 1.59. The molecule has 0 bridgehead atoms. The molecule has 0 unspecified atom stereocenters. The van der Waals surface area contributed by atoms with E-state index in [2.05, 4.69) is 21.2 Å².